The molecule has 1 atom stereocenters. The second-order valence-electron chi connectivity index (χ2n) is 5.12. The van der Waals surface area contributed by atoms with Gasteiger partial charge in [-0.05, 0) is 41.3 Å². The van der Waals surface area contributed by atoms with Crippen LogP contribution in [0.4, 0.5) is 0 Å². The molecule has 0 spiro atoms. The molecule has 0 aliphatic heterocycles. The Morgan fingerprint density at radius 2 is 2.00 bits per heavy atom. The van der Waals surface area contributed by atoms with E-state index < -0.39 is 0 Å². The molecule has 0 radical (unpaired) electrons. The second-order valence-corrected chi connectivity index (χ2v) is 5.12. The molecule has 0 aliphatic carbocycles. The van der Waals surface area contributed by atoms with Crippen LogP contribution >= 0.6 is 0 Å². The second kappa shape index (κ2) is 6.78. The van der Waals surface area contributed by atoms with Crippen molar-refractivity contribution in [2.45, 2.75) is 46.6 Å². The van der Waals surface area contributed by atoms with Crippen molar-refractivity contribution in [3.8, 4) is 5.88 Å². The molecule has 4 nitrogen and oxygen atoms in total. The third-order valence-corrected chi connectivity index (χ3v) is 3.04. The van der Waals surface area contributed by atoms with Crippen LogP contribution in [-0.2, 0) is 6.42 Å². The molecule has 0 aliphatic rings. The van der Waals surface area contributed by atoms with Crippen molar-refractivity contribution in [2.75, 3.05) is 27.2 Å². The Hall–Kier alpha value is -1.03. The zero-order valence-electron chi connectivity index (χ0n) is 12.7. The molecule has 1 aromatic rings. The Labute approximate surface area is 111 Å². The molecule has 0 bridgehead atoms. The maximum atomic E-state index is 5.61. The topological polar surface area (TPSA) is 30.3 Å². The maximum absolute atomic E-state index is 5.61. The summed E-state index contributed by atoms with van der Waals surface area (Å²) in [6, 6.07) is 0.370. The van der Waals surface area contributed by atoms with Crippen LogP contribution in [0.3, 0.4) is 0 Å². The summed E-state index contributed by atoms with van der Waals surface area (Å²) in [6.07, 6.45) is 2.19. The fraction of sp³-hybridized carbons (Fsp3) is 0.786. The minimum atomic E-state index is 0.370. The lowest BCUT2D eigenvalue weighted by molar-refractivity contribution is 0.295. The highest BCUT2D eigenvalue weighted by molar-refractivity contribution is 5.30. The van der Waals surface area contributed by atoms with Crippen molar-refractivity contribution < 1.29 is 4.74 Å². The van der Waals surface area contributed by atoms with Crippen LogP contribution in [0.2, 0.25) is 0 Å². The van der Waals surface area contributed by atoms with Gasteiger partial charge >= 0.3 is 0 Å². The summed E-state index contributed by atoms with van der Waals surface area (Å²) in [5, 5.41) is 4.64. The first-order valence-corrected chi connectivity index (χ1v) is 6.86. The van der Waals surface area contributed by atoms with Gasteiger partial charge in [-0.2, -0.15) is 0 Å². The van der Waals surface area contributed by atoms with Gasteiger partial charge in [-0.1, -0.05) is 13.3 Å². The summed E-state index contributed by atoms with van der Waals surface area (Å²) >= 11 is 0. The van der Waals surface area contributed by atoms with Gasteiger partial charge in [0.2, 0.25) is 5.88 Å². The van der Waals surface area contributed by atoms with Crippen LogP contribution in [0.15, 0.2) is 0 Å². The predicted molar refractivity (Wildman–Crippen MR) is 75.4 cm³/mol. The van der Waals surface area contributed by atoms with E-state index in [-0.39, 0.29) is 0 Å². The molecule has 18 heavy (non-hydrogen) atoms. The number of likely N-dealkylation sites (N-methyl/N-ethyl adjacent to an activating group) is 1. The third-order valence-electron chi connectivity index (χ3n) is 3.04. The fourth-order valence-corrected chi connectivity index (χ4v) is 2.31. The van der Waals surface area contributed by atoms with Crippen LogP contribution in [0.25, 0.3) is 0 Å². The van der Waals surface area contributed by atoms with Crippen LogP contribution in [-0.4, -0.2) is 41.9 Å². The van der Waals surface area contributed by atoms with E-state index in [9.17, 15) is 0 Å². The number of aromatic nitrogens is 2. The molecular weight excluding hydrogens is 226 g/mol. The van der Waals surface area contributed by atoms with Gasteiger partial charge in [0, 0.05) is 17.8 Å². The number of ether oxygens (including phenoxy) is 1. The molecule has 0 unspecified atom stereocenters. The van der Waals surface area contributed by atoms with E-state index in [0.717, 1.165) is 25.3 Å². The Kier molecular flexibility index (Phi) is 5.66. The lowest BCUT2D eigenvalue weighted by Gasteiger charge is -2.19. The van der Waals surface area contributed by atoms with Crippen molar-refractivity contribution in [3.05, 3.63) is 11.3 Å². The largest absolute Gasteiger partial charge is 0.477 e. The first-order valence-electron chi connectivity index (χ1n) is 6.86. The van der Waals surface area contributed by atoms with Crippen molar-refractivity contribution in [3.63, 3.8) is 0 Å². The van der Waals surface area contributed by atoms with Gasteiger partial charge in [0.15, 0.2) is 0 Å². The third kappa shape index (κ3) is 3.48. The van der Waals surface area contributed by atoms with Crippen molar-refractivity contribution >= 4 is 0 Å². The molecule has 0 aromatic carbocycles. The summed E-state index contributed by atoms with van der Waals surface area (Å²) in [4.78, 5) is 2.19. The number of rotatable bonds is 7. The molecule has 0 fully saturated rings. The standard InChI is InChI=1S/C14H27N3O/c1-7-9-13-12(4)14(18-8-2)15-17(13)11(3)10-16(5)6/h11H,7-10H2,1-6H3/t11-/m0/s1. The van der Waals surface area contributed by atoms with Crippen molar-refractivity contribution in [1.29, 1.82) is 0 Å². The highest BCUT2D eigenvalue weighted by atomic mass is 16.5. The Morgan fingerprint density at radius 1 is 1.33 bits per heavy atom. The molecule has 1 aromatic heterocycles. The van der Waals surface area contributed by atoms with Gasteiger partial charge in [-0.25, -0.2) is 0 Å². The lowest BCUT2D eigenvalue weighted by Crippen LogP contribution is -2.24. The molecule has 104 valence electrons. The quantitative estimate of drug-likeness (QED) is 0.748. The summed E-state index contributed by atoms with van der Waals surface area (Å²) in [5.74, 6) is 0.798. The van der Waals surface area contributed by atoms with Gasteiger partial charge in [-0.3, -0.25) is 4.68 Å². The average Bonchev–Trinajstić information content (AvgIpc) is 2.58. The van der Waals surface area contributed by atoms with Crippen LogP contribution in [0.1, 0.15) is 44.5 Å². The summed E-state index contributed by atoms with van der Waals surface area (Å²) in [6.45, 7) is 10.2. The minimum absolute atomic E-state index is 0.370. The van der Waals surface area contributed by atoms with E-state index in [1.807, 2.05) is 6.92 Å². The van der Waals surface area contributed by atoms with Crippen molar-refractivity contribution in [1.82, 2.24) is 14.7 Å². The first-order chi connectivity index (χ1) is 8.51. The number of hydrogen-bond donors (Lipinski definition) is 0. The van der Waals surface area contributed by atoms with Crippen LogP contribution < -0.4 is 4.74 Å². The maximum Gasteiger partial charge on any atom is 0.235 e. The highest BCUT2D eigenvalue weighted by Crippen LogP contribution is 2.25. The molecular formula is C14H27N3O. The molecule has 1 rings (SSSR count). The van der Waals surface area contributed by atoms with Gasteiger partial charge < -0.3 is 9.64 Å². The Morgan fingerprint density at radius 3 is 2.50 bits per heavy atom. The minimum Gasteiger partial charge on any atom is -0.477 e. The molecule has 1 heterocycles. The van der Waals surface area contributed by atoms with E-state index in [4.69, 9.17) is 4.74 Å². The van der Waals surface area contributed by atoms with Crippen LogP contribution in [0, 0.1) is 6.92 Å². The smallest absolute Gasteiger partial charge is 0.235 e. The van der Waals surface area contributed by atoms with Crippen LogP contribution in [0.5, 0.6) is 5.88 Å². The summed E-state index contributed by atoms with van der Waals surface area (Å²) < 4.78 is 7.76. The Bertz CT molecular complexity index is 371. The van der Waals surface area contributed by atoms with E-state index >= 15 is 0 Å². The van der Waals surface area contributed by atoms with Crippen molar-refractivity contribution in [2.24, 2.45) is 0 Å². The van der Waals surface area contributed by atoms with E-state index in [0.29, 0.717) is 12.6 Å². The van der Waals surface area contributed by atoms with E-state index in [1.165, 1.54) is 11.3 Å². The molecule has 0 saturated carbocycles. The fourth-order valence-electron chi connectivity index (χ4n) is 2.31. The molecule has 0 amide bonds. The zero-order chi connectivity index (χ0) is 13.7. The number of hydrogen-bond acceptors (Lipinski definition) is 3. The molecule has 4 heteroatoms. The van der Waals surface area contributed by atoms with Gasteiger partial charge in [0.05, 0.1) is 12.6 Å². The SMILES string of the molecule is CCCc1c(C)c(OCC)nn1[C@@H](C)CN(C)C. The van der Waals surface area contributed by atoms with E-state index in [1.54, 1.807) is 0 Å². The van der Waals surface area contributed by atoms with Gasteiger partial charge in [0.25, 0.3) is 0 Å². The lowest BCUT2D eigenvalue weighted by atomic mass is 10.1. The van der Waals surface area contributed by atoms with Gasteiger partial charge in [0.1, 0.15) is 0 Å². The predicted octanol–water partition coefficient (Wildman–Crippen LogP) is 2.67. The first kappa shape index (κ1) is 15.0. The normalized spacial score (nSPS) is 13.1. The monoisotopic (exact) mass is 253 g/mol. The number of nitrogens with zero attached hydrogens (tertiary/aromatic N) is 3. The molecule has 0 saturated heterocycles. The van der Waals surface area contributed by atoms with E-state index in [2.05, 4.69) is 49.5 Å². The molecule has 0 N–H and O–H groups in total. The average molecular weight is 253 g/mol. The van der Waals surface area contributed by atoms with Gasteiger partial charge in [-0.15, -0.1) is 5.10 Å². The Balaban J connectivity index is 3.03. The summed E-state index contributed by atoms with van der Waals surface area (Å²) in [7, 11) is 4.19. The highest BCUT2D eigenvalue weighted by Gasteiger charge is 2.18. The zero-order valence-corrected chi connectivity index (χ0v) is 12.7. The summed E-state index contributed by atoms with van der Waals surface area (Å²) in [5.41, 5.74) is 2.51.